The molecule has 10 aliphatic carbocycles. The van der Waals surface area contributed by atoms with Crippen molar-refractivity contribution >= 4 is 16.6 Å². The minimum atomic E-state index is -1.95. The molecule has 4 heterocycles. The number of hydrogen-bond acceptors (Lipinski definition) is 10. The average molecular weight is 1340 g/mol. The van der Waals surface area contributed by atoms with Crippen LogP contribution in [0.4, 0.5) is 0 Å². The molecule has 538 valence electrons. The van der Waals surface area contributed by atoms with E-state index in [1.54, 1.807) is 0 Å². The Labute approximate surface area is 576 Å². The smallest absolute Gasteiger partial charge is 0.192 e. The van der Waals surface area contributed by atoms with Gasteiger partial charge in [0.15, 0.2) is 29.2 Å². The molecule has 10 nitrogen and oxygen atoms in total. The van der Waals surface area contributed by atoms with Gasteiger partial charge < -0.3 is 47.5 Å². The second kappa shape index (κ2) is 25.3. The van der Waals surface area contributed by atoms with Crippen molar-refractivity contribution in [2.75, 3.05) is 13.2 Å². The highest BCUT2D eigenvalue weighted by atomic mass is 28.4. The predicted molar refractivity (Wildman–Crippen MR) is 383 cm³/mol. The minimum absolute atomic E-state index is 0.000720. The van der Waals surface area contributed by atoms with Crippen molar-refractivity contribution in [3.05, 3.63) is 12.2 Å². The van der Waals surface area contributed by atoms with Crippen LogP contribution in [-0.4, -0.2) is 114 Å². The zero-order chi connectivity index (χ0) is 67.6. The van der Waals surface area contributed by atoms with Gasteiger partial charge >= 0.3 is 0 Å². The van der Waals surface area contributed by atoms with Crippen LogP contribution in [0.2, 0.25) is 36.3 Å². The SMILES string of the molecule is C=C(C)[C@@H](O)[C@H]1C[C@@H](C)[C@H]2[C@H](O1)[C@H](O[Si](CC)(CC)CC)[C@@]1(C)[C@@H]3CC[C@H]4C(C)(C)C(O[C@H]5CCCCO5)CC[C@@]45CC35CC[C@]21C.CC[Si](CC)(CC)O[C@H]1[C@H]2O[C@@H]([C@H](O)C(C)C)C[C@@H](C)[C@@H]2[C@@]2(C)CCC34C[C@@]35CCC(O[C@H]3CCCCO3)C(C)(C)[C@@H]5CC[C@H]4[C@]12C. The topological polar surface area (TPSA) is 114 Å². The van der Waals surface area contributed by atoms with Crippen molar-refractivity contribution in [2.45, 2.75) is 383 Å². The Kier molecular flexibility index (Phi) is 19.4. The molecule has 0 aromatic rings. The van der Waals surface area contributed by atoms with Crippen molar-refractivity contribution in [1.29, 1.82) is 0 Å². The summed E-state index contributed by atoms with van der Waals surface area (Å²) in [6.07, 6.45) is 26.8. The molecule has 14 aliphatic rings. The molecule has 12 heteroatoms. The molecule has 0 radical (unpaired) electrons. The zero-order valence-electron chi connectivity index (χ0n) is 63.7. The summed E-state index contributed by atoms with van der Waals surface area (Å²) >= 11 is 0. The number of fused-ring (bicyclic) bond motifs is 8. The Hall–Kier alpha value is -0.226. The third-order valence-corrected chi connectivity index (χ3v) is 44.1. The monoisotopic (exact) mass is 1340 g/mol. The van der Waals surface area contributed by atoms with Crippen LogP contribution >= 0.6 is 0 Å². The summed E-state index contributed by atoms with van der Waals surface area (Å²) in [4.78, 5) is 0. The molecule has 0 aromatic heterocycles. The van der Waals surface area contributed by atoms with Crippen LogP contribution in [0.1, 0.15) is 273 Å². The second-order valence-electron chi connectivity index (χ2n) is 38.7. The van der Waals surface area contributed by atoms with E-state index in [-0.39, 0.29) is 87.6 Å². The number of aliphatic hydroxyl groups excluding tert-OH is 2. The molecule has 28 atom stereocenters. The third-order valence-electron chi connectivity index (χ3n) is 34.9. The number of hydrogen-bond donors (Lipinski definition) is 2. The van der Waals surface area contributed by atoms with Gasteiger partial charge in [-0.15, -0.1) is 0 Å². The summed E-state index contributed by atoms with van der Waals surface area (Å²) in [6, 6.07) is 7.02. The van der Waals surface area contributed by atoms with Gasteiger partial charge in [-0.2, -0.15) is 0 Å². The van der Waals surface area contributed by atoms with Crippen LogP contribution in [0.25, 0.3) is 0 Å². The summed E-state index contributed by atoms with van der Waals surface area (Å²) in [5.41, 5.74) is 3.36. The van der Waals surface area contributed by atoms with Crippen LogP contribution in [0, 0.1) is 107 Å². The molecular formula is C82H142O10Si2. The first-order chi connectivity index (χ1) is 44.4. The van der Waals surface area contributed by atoms with Gasteiger partial charge in [0.1, 0.15) is 6.10 Å². The van der Waals surface area contributed by atoms with E-state index in [2.05, 4.69) is 131 Å². The molecule has 0 bridgehead atoms. The first-order valence-corrected chi connectivity index (χ1v) is 45.7. The van der Waals surface area contributed by atoms with Gasteiger partial charge in [0.05, 0.1) is 54.9 Å². The Morgan fingerprint density at radius 2 is 0.872 bits per heavy atom. The Bertz CT molecular complexity index is 2680. The standard InChI is InChI=1S/C41H72O5Si.C41H70O5Si/c2*1-11-47(12-2,13-3)46-36-35-33(27(6)24-28(44-35)34(42)26(4)5)38(9)21-22-41-25-40(41)20-19-31(45-32-16-14-15-23-43-32)37(7,8)29(40)17-18-30(41)39(36,38)10/h26-36,42H,11-25H2,1-10H3;27-36,42H,4,11-25H2,1-3,5-10H3/t2*27-,28-,29+,30+,31?,32+,33+,34-,35+,36+,38-,39-,40-,41?/m11/s1. The highest BCUT2D eigenvalue weighted by Crippen LogP contribution is 2.92. The fourth-order valence-electron chi connectivity index (χ4n) is 29.1. The maximum absolute atomic E-state index is 11.4. The molecule has 0 amide bonds. The summed E-state index contributed by atoms with van der Waals surface area (Å²) in [7, 11) is -3.89. The Balaban J connectivity index is 0.000000171. The normalized spacial score (nSPS) is 50.8. The van der Waals surface area contributed by atoms with E-state index in [1.165, 1.54) is 134 Å². The van der Waals surface area contributed by atoms with Crippen LogP contribution in [0.3, 0.4) is 0 Å². The van der Waals surface area contributed by atoms with Gasteiger partial charge in [-0.3, -0.25) is 0 Å². The van der Waals surface area contributed by atoms with Crippen LogP contribution in [-0.2, 0) is 37.3 Å². The van der Waals surface area contributed by atoms with E-state index in [1.807, 2.05) is 6.92 Å². The molecule has 4 spiro atoms. The predicted octanol–water partition coefficient (Wildman–Crippen LogP) is 19.4. The summed E-state index contributed by atoms with van der Waals surface area (Å²) in [5, 5.41) is 22.7. The van der Waals surface area contributed by atoms with E-state index >= 15 is 0 Å². The quantitative estimate of drug-likeness (QED) is 0.0781. The molecule has 10 saturated carbocycles. The highest BCUT2D eigenvalue weighted by Gasteiger charge is 2.87. The first kappa shape index (κ1) is 72.1. The van der Waals surface area contributed by atoms with Crippen LogP contribution < -0.4 is 0 Å². The van der Waals surface area contributed by atoms with E-state index in [0.717, 1.165) is 68.5 Å². The molecule has 14 fully saturated rings. The van der Waals surface area contributed by atoms with Crippen LogP contribution in [0.5, 0.6) is 0 Å². The number of rotatable bonds is 18. The minimum Gasteiger partial charge on any atom is -0.411 e. The van der Waals surface area contributed by atoms with E-state index in [9.17, 15) is 10.2 Å². The average Bonchev–Trinajstić information content (AvgIpc) is 1.45. The lowest BCUT2D eigenvalue weighted by Crippen LogP contribution is -2.61. The van der Waals surface area contributed by atoms with Gasteiger partial charge in [0, 0.05) is 24.0 Å². The van der Waals surface area contributed by atoms with Crippen molar-refractivity contribution in [2.24, 2.45) is 107 Å². The fraction of sp³-hybridized carbons (Fsp3) is 0.976. The van der Waals surface area contributed by atoms with Crippen molar-refractivity contribution in [1.82, 2.24) is 0 Å². The van der Waals surface area contributed by atoms with Gasteiger partial charge in [0.2, 0.25) is 0 Å². The van der Waals surface area contributed by atoms with Gasteiger partial charge in [0.25, 0.3) is 0 Å². The van der Waals surface area contributed by atoms with E-state index < -0.39 is 28.8 Å². The fourth-order valence-corrected chi connectivity index (χ4v) is 35.0. The molecule has 2 N–H and O–H groups in total. The molecule has 14 rings (SSSR count). The Morgan fingerprint density at radius 3 is 1.23 bits per heavy atom. The lowest BCUT2D eigenvalue weighted by Gasteiger charge is -2.64. The summed E-state index contributed by atoms with van der Waals surface area (Å²) < 4.78 is 56.2. The zero-order valence-corrected chi connectivity index (χ0v) is 65.7. The molecule has 94 heavy (non-hydrogen) atoms. The van der Waals surface area contributed by atoms with Crippen LogP contribution in [0.15, 0.2) is 12.2 Å². The van der Waals surface area contributed by atoms with E-state index in [4.69, 9.17) is 37.3 Å². The maximum atomic E-state index is 11.4. The number of aliphatic hydroxyl groups is 2. The lowest BCUT2D eigenvalue weighted by atomic mass is 9.41. The molecule has 4 unspecified atom stereocenters. The largest absolute Gasteiger partial charge is 0.411 e. The third kappa shape index (κ3) is 10.2. The van der Waals surface area contributed by atoms with Crippen molar-refractivity contribution < 1.29 is 47.5 Å². The second-order valence-corrected chi connectivity index (χ2v) is 48.1. The van der Waals surface area contributed by atoms with Gasteiger partial charge in [-0.05, 0) is 287 Å². The first-order valence-electron chi connectivity index (χ1n) is 40.6. The Morgan fingerprint density at radius 1 is 0.500 bits per heavy atom. The van der Waals surface area contributed by atoms with Gasteiger partial charge in [-0.25, -0.2) is 0 Å². The molecular weight excluding hydrogens is 1200 g/mol. The molecule has 0 aromatic carbocycles. The van der Waals surface area contributed by atoms with Crippen molar-refractivity contribution in [3.63, 3.8) is 0 Å². The molecule has 4 aliphatic heterocycles. The summed E-state index contributed by atoms with van der Waals surface area (Å²) in [6.45, 7) is 52.4. The lowest BCUT2D eigenvalue weighted by molar-refractivity contribution is -0.242. The molecule has 4 saturated heterocycles. The highest BCUT2D eigenvalue weighted by molar-refractivity contribution is 6.74. The van der Waals surface area contributed by atoms with Gasteiger partial charge in [-0.1, -0.05) is 131 Å². The summed E-state index contributed by atoms with van der Waals surface area (Å²) in [5.74, 6) is 4.94. The van der Waals surface area contributed by atoms with Crippen molar-refractivity contribution in [3.8, 4) is 0 Å². The van der Waals surface area contributed by atoms with E-state index in [0.29, 0.717) is 75.3 Å². The number of ether oxygens (including phenoxy) is 6. The maximum Gasteiger partial charge on any atom is 0.192 e.